The Hall–Kier alpha value is -0.650. The zero-order valence-electron chi connectivity index (χ0n) is 10.7. The van der Waals surface area contributed by atoms with Crippen LogP contribution in [0.5, 0.6) is 0 Å². The number of hydrogen-bond donors (Lipinski definition) is 3. The van der Waals surface area contributed by atoms with Crippen LogP contribution in [0.15, 0.2) is 0 Å². The summed E-state index contributed by atoms with van der Waals surface area (Å²) in [4.78, 5) is 11.4. The summed E-state index contributed by atoms with van der Waals surface area (Å²) in [5, 5.41) is 12.0. The molecule has 0 aromatic carbocycles. The Morgan fingerprint density at radius 3 is 2.65 bits per heavy atom. The Bertz CT molecular complexity index is 250. The molecule has 100 valence electrons. The Kier molecular flexibility index (Phi) is 5.36. The van der Waals surface area contributed by atoms with Gasteiger partial charge in [0.15, 0.2) is 0 Å². The van der Waals surface area contributed by atoms with Crippen molar-refractivity contribution in [1.29, 1.82) is 0 Å². The van der Waals surface area contributed by atoms with Gasteiger partial charge in [-0.1, -0.05) is 13.8 Å². The number of hydrogen-bond acceptors (Lipinski definition) is 4. The highest BCUT2D eigenvalue weighted by molar-refractivity contribution is 5.80. The fourth-order valence-electron chi connectivity index (χ4n) is 2.16. The molecule has 1 amide bonds. The summed E-state index contributed by atoms with van der Waals surface area (Å²) < 4.78 is 5.33. The quantitative estimate of drug-likeness (QED) is 0.629. The molecule has 1 aliphatic heterocycles. The Morgan fingerprint density at radius 2 is 2.12 bits per heavy atom. The van der Waals surface area contributed by atoms with Crippen molar-refractivity contribution in [3.8, 4) is 0 Å². The number of ether oxygens (including phenoxy) is 1. The summed E-state index contributed by atoms with van der Waals surface area (Å²) in [7, 11) is 0. The summed E-state index contributed by atoms with van der Waals surface area (Å²) >= 11 is 0. The summed E-state index contributed by atoms with van der Waals surface area (Å²) in [5.41, 5.74) is 5.25. The molecule has 17 heavy (non-hydrogen) atoms. The third-order valence-corrected chi connectivity index (χ3v) is 3.57. The lowest BCUT2D eigenvalue weighted by molar-refractivity contribution is -0.129. The number of rotatable bonds is 5. The van der Waals surface area contributed by atoms with Crippen LogP contribution in [0.25, 0.3) is 0 Å². The number of amides is 1. The van der Waals surface area contributed by atoms with E-state index in [1.165, 1.54) is 0 Å². The summed E-state index contributed by atoms with van der Waals surface area (Å²) in [6.07, 6.45) is 0.963. The van der Waals surface area contributed by atoms with Crippen LogP contribution < -0.4 is 11.1 Å². The van der Waals surface area contributed by atoms with E-state index in [0.29, 0.717) is 12.5 Å². The molecule has 0 aromatic rings. The summed E-state index contributed by atoms with van der Waals surface area (Å²) in [5.74, 6) is 0.166. The van der Waals surface area contributed by atoms with Gasteiger partial charge < -0.3 is 20.9 Å². The standard InChI is InChI=1S/C12H24N2O3/c1-12(2,9-3-5-17-6-4-9)8-14-11(16)10(15)7-13/h9-10,15H,3-8,13H2,1-2H3,(H,14,16). The third kappa shape index (κ3) is 4.26. The highest BCUT2D eigenvalue weighted by atomic mass is 16.5. The van der Waals surface area contributed by atoms with Crippen molar-refractivity contribution in [3.63, 3.8) is 0 Å². The van der Waals surface area contributed by atoms with E-state index in [9.17, 15) is 9.90 Å². The van der Waals surface area contributed by atoms with Gasteiger partial charge >= 0.3 is 0 Å². The van der Waals surface area contributed by atoms with Gasteiger partial charge in [0.25, 0.3) is 0 Å². The summed E-state index contributed by atoms with van der Waals surface area (Å²) in [6, 6.07) is 0. The number of nitrogens with two attached hydrogens (primary N) is 1. The van der Waals surface area contributed by atoms with E-state index in [1.54, 1.807) is 0 Å². The van der Waals surface area contributed by atoms with Gasteiger partial charge in [0.2, 0.25) is 5.91 Å². The van der Waals surface area contributed by atoms with Gasteiger partial charge in [-0.3, -0.25) is 4.79 Å². The van der Waals surface area contributed by atoms with Crippen LogP contribution in [0.1, 0.15) is 26.7 Å². The first kappa shape index (κ1) is 14.4. The van der Waals surface area contributed by atoms with Crippen molar-refractivity contribution < 1.29 is 14.6 Å². The van der Waals surface area contributed by atoms with Crippen LogP contribution in [0.3, 0.4) is 0 Å². The minimum Gasteiger partial charge on any atom is -0.382 e. The Morgan fingerprint density at radius 1 is 1.53 bits per heavy atom. The first-order valence-electron chi connectivity index (χ1n) is 6.21. The zero-order chi connectivity index (χ0) is 12.9. The maximum atomic E-state index is 11.4. The van der Waals surface area contributed by atoms with Crippen LogP contribution in [0.2, 0.25) is 0 Å². The Labute approximate surface area is 103 Å². The second-order valence-corrected chi connectivity index (χ2v) is 5.34. The number of carbonyl (C=O) groups is 1. The van der Waals surface area contributed by atoms with Gasteiger partial charge in [-0.05, 0) is 24.2 Å². The van der Waals surface area contributed by atoms with E-state index < -0.39 is 6.10 Å². The molecule has 1 saturated heterocycles. The molecule has 0 aliphatic carbocycles. The van der Waals surface area contributed by atoms with Crippen molar-refractivity contribution in [2.24, 2.45) is 17.1 Å². The van der Waals surface area contributed by atoms with Crippen LogP contribution in [-0.2, 0) is 9.53 Å². The molecule has 0 bridgehead atoms. The number of nitrogens with one attached hydrogen (secondary N) is 1. The van der Waals surface area contributed by atoms with Crippen molar-refractivity contribution in [2.75, 3.05) is 26.3 Å². The van der Waals surface area contributed by atoms with Crippen molar-refractivity contribution in [3.05, 3.63) is 0 Å². The molecule has 0 radical (unpaired) electrons. The minimum atomic E-state index is -1.10. The monoisotopic (exact) mass is 244 g/mol. The molecule has 0 spiro atoms. The average molecular weight is 244 g/mol. The average Bonchev–Trinajstić information content (AvgIpc) is 2.36. The van der Waals surface area contributed by atoms with E-state index in [0.717, 1.165) is 26.1 Å². The van der Waals surface area contributed by atoms with Gasteiger partial charge in [0.1, 0.15) is 6.10 Å². The molecular formula is C12H24N2O3. The van der Waals surface area contributed by atoms with Crippen molar-refractivity contribution in [2.45, 2.75) is 32.8 Å². The molecule has 1 unspecified atom stereocenters. The molecule has 1 fully saturated rings. The van der Waals surface area contributed by atoms with Gasteiger partial charge in [0, 0.05) is 26.3 Å². The van der Waals surface area contributed by atoms with Crippen LogP contribution >= 0.6 is 0 Å². The molecule has 1 aliphatic rings. The first-order valence-corrected chi connectivity index (χ1v) is 6.21. The third-order valence-electron chi connectivity index (χ3n) is 3.57. The van der Waals surface area contributed by atoms with Gasteiger partial charge in [-0.2, -0.15) is 0 Å². The van der Waals surface area contributed by atoms with E-state index in [1.807, 2.05) is 0 Å². The summed E-state index contributed by atoms with van der Waals surface area (Å²) in [6.45, 7) is 6.40. The van der Waals surface area contributed by atoms with Gasteiger partial charge in [-0.25, -0.2) is 0 Å². The number of aliphatic hydroxyl groups is 1. The van der Waals surface area contributed by atoms with Crippen LogP contribution in [-0.4, -0.2) is 43.4 Å². The van der Waals surface area contributed by atoms with Crippen LogP contribution in [0.4, 0.5) is 0 Å². The highest BCUT2D eigenvalue weighted by Crippen LogP contribution is 2.33. The smallest absolute Gasteiger partial charge is 0.250 e. The molecule has 1 heterocycles. The van der Waals surface area contributed by atoms with Crippen LogP contribution in [0, 0.1) is 11.3 Å². The van der Waals surface area contributed by atoms with E-state index in [4.69, 9.17) is 10.5 Å². The lowest BCUT2D eigenvalue weighted by atomic mass is 9.74. The second-order valence-electron chi connectivity index (χ2n) is 5.34. The van der Waals surface area contributed by atoms with Crippen molar-refractivity contribution >= 4 is 5.91 Å². The molecule has 1 rings (SSSR count). The van der Waals surface area contributed by atoms with Crippen molar-refractivity contribution in [1.82, 2.24) is 5.32 Å². The molecule has 1 atom stereocenters. The van der Waals surface area contributed by atoms with Gasteiger partial charge in [-0.15, -0.1) is 0 Å². The molecule has 0 saturated carbocycles. The lowest BCUT2D eigenvalue weighted by Gasteiger charge is -2.37. The Balaban J connectivity index is 2.40. The SMILES string of the molecule is CC(C)(CNC(=O)C(O)CN)C1CCOCC1. The fraction of sp³-hybridized carbons (Fsp3) is 0.917. The molecule has 5 heteroatoms. The molecule has 5 nitrogen and oxygen atoms in total. The zero-order valence-corrected chi connectivity index (χ0v) is 10.7. The molecule has 4 N–H and O–H groups in total. The second kappa shape index (κ2) is 6.33. The predicted octanol–water partition coefficient (Wildman–Crippen LogP) is -0.125. The number of aliphatic hydroxyl groups excluding tert-OH is 1. The largest absolute Gasteiger partial charge is 0.382 e. The lowest BCUT2D eigenvalue weighted by Crippen LogP contribution is -2.45. The maximum absolute atomic E-state index is 11.4. The maximum Gasteiger partial charge on any atom is 0.250 e. The van der Waals surface area contributed by atoms with E-state index >= 15 is 0 Å². The fourth-order valence-corrected chi connectivity index (χ4v) is 2.16. The minimum absolute atomic E-state index is 0.0216. The highest BCUT2D eigenvalue weighted by Gasteiger charge is 2.31. The first-order chi connectivity index (χ1) is 7.97. The molecule has 0 aromatic heterocycles. The number of carbonyl (C=O) groups excluding carboxylic acids is 1. The molecular weight excluding hydrogens is 220 g/mol. The van der Waals surface area contributed by atoms with E-state index in [-0.39, 0.29) is 17.9 Å². The predicted molar refractivity (Wildman–Crippen MR) is 65.4 cm³/mol. The topological polar surface area (TPSA) is 84.6 Å². The van der Waals surface area contributed by atoms with Gasteiger partial charge in [0.05, 0.1) is 0 Å². The van der Waals surface area contributed by atoms with E-state index in [2.05, 4.69) is 19.2 Å². The normalized spacial score (nSPS) is 20.0.